The Morgan fingerprint density at radius 2 is 2.29 bits per heavy atom. The number of halogens is 1. The molecule has 0 saturated carbocycles. The number of benzene rings is 1. The van der Waals surface area contributed by atoms with Crippen LogP contribution in [0.3, 0.4) is 0 Å². The predicted molar refractivity (Wildman–Crippen MR) is 88.1 cm³/mol. The normalized spacial score (nSPS) is 18.0. The molecule has 1 N–H and O–H groups in total. The van der Waals surface area contributed by atoms with Gasteiger partial charge in [0.1, 0.15) is 5.82 Å². The van der Waals surface area contributed by atoms with Crippen molar-refractivity contribution in [1.29, 1.82) is 0 Å². The molecular weight excluding hydrogens is 309 g/mol. The summed E-state index contributed by atoms with van der Waals surface area (Å²) < 4.78 is 19.0. The average molecular weight is 331 g/mol. The molecule has 2 aromatic rings. The molecule has 1 aliphatic heterocycles. The molecule has 24 heavy (non-hydrogen) atoms. The molecule has 1 saturated heterocycles. The minimum Gasteiger partial charge on any atom is -0.438 e. The van der Waals surface area contributed by atoms with Gasteiger partial charge < -0.3 is 9.73 Å². The molecule has 1 aromatic heterocycles. The molecule has 1 amide bonds. The Hall–Kier alpha value is -2.21. The fourth-order valence-electron chi connectivity index (χ4n) is 3.15. The fourth-order valence-corrected chi connectivity index (χ4v) is 3.15. The summed E-state index contributed by atoms with van der Waals surface area (Å²) in [6, 6.07) is 3.84. The van der Waals surface area contributed by atoms with E-state index < -0.39 is 0 Å². The van der Waals surface area contributed by atoms with E-state index >= 15 is 0 Å². The standard InChI is InChI=1S/C18H22FN3O2/c1-12-3-4-15(13(2)17(12)19)10-22-6-5-14(9-22)7-21-18(23)16-8-20-11-24-16/h3-4,8,11,14H,5-7,9-10H2,1-2H3,(H,21,23)/t14-/m0/s1. The van der Waals surface area contributed by atoms with E-state index in [0.717, 1.165) is 37.2 Å². The Morgan fingerprint density at radius 1 is 1.46 bits per heavy atom. The zero-order valence-corrected chi connectivity index (χ0v) is 14.0. The van der Waals surface area contributed by atoms with Crippen molar-refractivity contribution in [2.24, 2.45) is 5.92 Å². The molecule has 0 unspecified atom stereocenters. The fraction of sp³-hybridized carbons (Fsp3) is 0.444. The lowest BCUT2D eigenvalue weighted by Gasteiger charge is -2.18. The largest absolute Gasteiger partial charge is 0.438 e. The molecule has 1 fully saturated rings. The zero-order valence-electron chi connectivity index (χ0n) is 14.0. The number of rotatable bonds is 5. The van der Waals surface area contributed by atoms with Gasteiger partial charge in [0.05, 0.1) is 6.20 Å². The van der Waals surface area contributed by atoms with E-state index in [0.29, 0.717) is 18.0 Å². The Labute approximate surface area is 140 Å². The Bertz CT molecular complexity index is 715. The van der Waals surface area contributed by atoms with Gasteiger partial charge in [0.2, 0.25) is 5.76 Å². The molecule has 1 aliphatic rings. The highest BCUT2D eigenvalue weighted by molar-refractivity contribution is 5.90. The minimum absolute atomic E-state index is 0.109. The summed E-state index contributed by atoms with van der Waals surface area (Å²) in [6.45, 7) is 6.83. The van der Waals surface area contributed by atoms with Gasteiger partial charge in [-0.05, 0) is 49.4 Å². The van der Waals surface area contributed by atoms with E-state index in [1.807, 2.05) is 19.1 Å². The summed E-state index contributed by atoms with van der Waals surface area (Å²) in [4.78, 5) is 17.9. The van der Waals surface area contributed by atoms with Gasteiger partial charge in [0, 0.05) is 19.6 Å². The van der Waals surface area contributed by atoms with Crippen LogP contribution in [-0.2, 0) is 6.54 Å². The smallest absolute Gasteiger partial charge is 0.288 e. The van der Waals surface area contributed by atoms with Gasteiger partial charge >= 0.3 is 0 Å². The maximum Gasteiger partial charge on any atom is 0.288 e. The number of aryl methyl sites for hydroxylation is 1. The summed E-state index contributed by atoms with van der Waals surface area (Å²) >= 11 is 0. The van der Waals surface area contributed by atoms with Crippen molar-refractivity contribution in [3.05, 3.63) is 53.0 Å². The van der Waals surface area contributed by atoms with Crippen LogP contribution in [-0.4, -0.2) is 35.4 Å². The summed E-state index contributed by atoms with van der Waals surface area (Å²) in [6.07, 6.45) is 3.67. The lowest BCUT2D eigenvalue weighted by atomic mass is 10.0. The number of hydrogen-bond donors (Lipinski definition) is 1. The van der Waals surface area contributed by atoms with Crippen LogP contribution in [0.15, 0.2) is 29.1 Å². The number of carbonyl (C=O) groups is 1. The van der Waals surface area contributed by atoms with Crippen molar-refractivity contribution in [3.8, 4) is 0 Å². The van der Waals surface area contributed by atoms with Crippen LogP contribution < -0.4 is 5.32 Å². The van der Waals surface area contributed by atoms with Crippen molar-refractivity contribution in [2.75, 3.05) is 19.6 Å². The first-order valence-electron chi connectivity index (χ1n) is 8.18. The van der Waals surface area contributed by atoms with E-state index in [2.05, 4.69) is 15.2 Å². The van der Waals surface area contributed by atoms with E-state index in [-0.39, 0.29) is 17.5 Å². The number of nitrogens with one attached hydrogen (secondary N) is 1. The minimum atomic E-state index is -0.234. The number of nitrogens with zero attached hydrogens (tertiary/aromatic N) is 2. The van der Waals surface area contributed by atoms with Crippen LogP contribution in [0.5, 0.6) is 0 Å². The zero-order chi connectivity index (χ0) is 17.1. The molecule has 1 atom stereocenters. The van der Waals surface area contributed by atoms with Crippen LogP contribution in [0, 0.1) is 25.6 Å². The van der Waals surface area contributed by atoms with E-state index in [1.165, 1.54) is 12.6 Å². The molecular formula is C18H22FN3O2. The van der Waals surface area contributed by atoms with Crippen molar-refractivity contribution in [2.45, 2.75) is 26.8 Å². The second-order valence-electron chi connectivity index (χ2n) is 6.45. The summed E-state index contributed by atoms with van der Waals surface area (Å²) in [7, 11) is 0. The number of carbonyl (C=O) groups excluding carboxylic acids is 1. The lowest BCUT2D eigenvalue weighted by molar-refractivity contribution is 0.0919. The van der Waals surface area contributed by atoms with Gasteiger partial charge in [-0.15, -0.1) is 0 Å². The maximum atomic E-state index is 14.0. The summed E-state index contributed by atoms with van der Waals surface area (Å²) in [5, 5.41) is 2.88. The Kier molecular flexibility index (Phi) is 4.94. The number of oxazole rings is 1. The van der Waals surface area contributed by atoms with Gasteiger partial charge in [-0.25, -0.2) is 9.37 Å². The highest BCUT2D eigenvalue weighted by Crippen LogP contribution is 2.22. The Morgan fingerprint density at radius 3 is 3.04 bits per heavy atom. The second-order valence-corrected chi connectivity index (χ2v) is 6.45. The van der Waals surface area contributed by atoms with Gasteiger partial charge in [-0.1, -0.05) is 12.1 Å². The molecule has 0 bridgehead atoms. The van der Waals surface area contributed by atoms with Crippen LogP contribution in [0.2, 0.25) is 0 Å². The number of amides is 1. The Balaban J connectivity index is 1.51. The lowest BCUT2D eigenvalue weighted by Crippen LogP contribution is -2.30. The van der Waals surface area contributed by atoms with Gasteiger partial charge in [0.25, 0.3) is 5.91 Å². The van der Waals surface area contributed by atoms with Crippen LogP contribution in [0.1, 0.15) is 33.7 Å². The second kappa shape index (κ2) is 7.13. The molecule has 0 radical (unpaired) electrons. The molecule has 3 rings (SSSR count). The van der Waals surface area contributed by atoms with Gasteiger partial charge in [-0.3, -0.25) is 9.69 Å². The highest BCUT2D eigenvalue weighted by atomic mass is 19.1. The third-order valence-electron chi connectivity index (χ3n) is 4.66. The van der Waals surface area contributed by atoms with E-state index in [1.54, 1.807) is 6.92 Å². The predicted octanol–water partition coefficient (Wildman–Crippen LogP) is 2.68. The quantitative estimate of drug-likeness (QED) is 0.915. The molecule has 5 nitrogen and oxygen atoms in total. The SMILES string of the molecule is Cc1ccc(CN2CC[C@@H](CNC(=O)c3cnco3)C2)c(C)c1F. The number of likely N-dealkylation sites (tertiary alicyclic amines) is 1. The van der Waals surface area contributed by atoms with E-state index in [9.17, 15) is 9.18 Å². The van der Waals surface area contributed by atoms with Gasteiger partial charge in [-0.2, -0.15) is 0 Å². The third kappa shape index (κ3) is 3.64. The maximum absolute atomic E-state index is 14.0. The van der Waals surface area contributed by atoms with Crippen molar-refractivity contribution < 1.29 is 13.6 Å². The molecule has 128 valence electrons. The monoisotopic (exact) mass is 331 g/mol. The highest BCUT2D eigenvalue weighted by Gasteiger charge is 2.24. The number of aromatic nitrogens is 1. The van der Waals surface area contributed by atoms with Crippen molar-refractivity contribution in [3.63, 3.8) is 0 Å². The molecule has 1 aromatic carbocycles. The first-order chi connectivity index (χ1) is 11.5. The average Bonchev–Trinajstić information content (AvgIpc) is 3.25. The first kappa shape index (κ1) is 16.6. The van der Waals surface area contributed by atoms with Crippen molar-refractivity contribution >= 4 is 5.91 Å². The topological polar surface area (TPSA) is 58.4 Å². The molecule has 2 heterocycles. The summed E-state index contributed by atoms with van der Waals surface area (Å²) in [5.74, 6) is 0.285. The third-order valence-corrected chi connectivity index (χ3v) is 4.66. The molecule has 0 aliphatic carbocycles. The van der Waals surface area contributed by atoms with Crippen LogP contribution >= 0.6 is 0 Å². The number of hydrogen-bond acceptors (Lipinski definition) is 4. The summed E-state index contributed by atoms with van der Waals surface area (Å²) in [5.41, 5.74) is 2.45. The van der Waals surface area contributed by atoms with E-state index in [4.69, 9.17) is 4.42 Å². The first-order valence-corrected chi connectivity index (χ1v) is 8.18. The molecule has 0 spiro atoms. The van der Waals surface area contributed by atoms with Gasteiger partial charge in [0.15, 0.2) is 6.39 Å². The van der Waals surface area contributed by atoms with Crippen molar-refractivity contribution in [1.82, 2.24) is 15.2 Å². The molecule has 6 heteroatoms. The van der Waals surface area contributed by atoms with Crippen LogP contribution in [0.25, 0.3) is 0 Å². The van der Waals surface area contributed by atoms with Crippen LogP contribution in [0.4, 0.5) is 4.39 Å².